The molecule has 0 aliphatic rings. The lowest BCUT2D eigenvalue weighted by atomic mass is 10.1. The number of benzene rings is 2. The van der Waals surface area contributed by atoms with E-state index >= 15 is 0 Å². The average molecular weight is 435 g/mol. The van der Waals surface area contributed by atoms with Crippen LogP contribution in [0.25, 0.3) is 21.7 Å². The van der Waals surface area contributed by atoms with Crippen molar-refractivity contribution in [1.82, 2.24) is 4.98 Å². The van der Waals surface area contributed by atoms with Gasteiger partial charge in [0.15, 0.2) is 17.2 Å². The SMILES string of the molecule is COc1ccc(Oc2c(C=C(C(=O)O)c3ccncc3)sc3cc(O)c(O)cc23)cc1. The van der Waals surface area contributed by atoms with Crippen molar-refractivity contribution in [3.8, 4) is 28.7 Å². The number of aromatic nitrogens is 1. The van der Waals surface area contributed by atoms with Crippen molar-refractivity contribution in [1.29, 1.82) is 0 Å². The Kier molecular flexibility index (Phi) is 5.46. The number of phenolic OH excluding ortho intramolecular Hbond substituents is 2. The van der Waals surface area contributed by atoms with Gasteiger partial charge in [0.1, 0.15) is 11.5 Å². The van der Waals surface area contributed by atoms with Gasteiger partial charge in [0.2, 0.25) is 0 Å². The van der Waals surface area contributed by atoms with Crippen LogP contribution in [-0.2, 0) is 4.79 Å². The largest absolute Gasteiger partial charge is 0.504 e. The fourth-order valence-corrected chi connectivity index (χ4v) is 4.10. The maximum Gasteiger partial charge on any atom is 0.336 e. The number of ether oxygens (including phenoxy) is 2. The summed E-state index contributed by atoms with van der Waals surface area (Å²) in [5.41, 5.74) is 0.544. The number of carboxylic acid groups (broad SMARTS) is 1. The van der Waals surface area contributed by atoms with Gasteiger partial charge in [-0.1, -0.05) is 0 Å². The Hall–Kier alpha value is -4.04. The molecule has 0 fully saturated rings. The number of carbonyl (C=O) groups is 1. The fourth-order valence-electron chi connectivity index (χ4n) is 3.01. The maximum absolute atomic E-state index is 11.9. The van der Waals surface area contributed by atoms with E-state index < -0.39 is 5.97 Å². The first-order chi connectivity index (χ1) is 15.0. The van der Waals surface area contributed by atoms with Crippen molar-refractivity contribution in [2.45, 2.75) is 0 Å². The number of carboxylic acids is 1. The van der Waals surface area contributed by atoms with E-state index in [2.05, 4.69) is 4.98 Å². The lowest BCUT2D eigenvalue weighted by molar-refractivity contribution is -0.130. The number of hydrogen-bond donors (Lipinski definition) is 3. The van der Waals surface area contributed by atoms with E-state index in [0.29, 0.717) is 37.8 Å². The van der Waals surface area contributed by atoms with E-state index in [-0.39, 0.29) is 17.1 Å². The highest BCUT2D eigenvalue weighted by Crippen LogP contribution is 2.45. The molecule has 31 heavy (non-hydrogen) atoms. The van der Waals surface area contributed by atoms with E-state index in [0.717, 1.165) is 0 Å². The third kappa shape index (κ3) is 4.15. The number of aliphatic carboxylic acids is 1. The quantitative estimate of drug-likeness (QED) is 0.284. The van der Waals surface area contributed by atoms with E-state index in [1.54, 1.807) is 43.5 Å². The molecule has 0 bridgehead atoms. The number of phenols is 2. The van der Waals surface area contributed by atoms with Gasteiger partial charge in [-0.25, -0.2) is 4.79 Å². The predicted octanol–water partition coefficient (Wildman–Crippen LogP) is 5.13. The molecule has 0 radical (unpaired) electrons. The molecule has 2 aromatic carbocycles. The lowest BCUT2D eigenvalue weighted by Gasteiger charge is -2.08. The minimum atomic E-state index is -1.11. The standard InChI is InChI=1S/C23H17NO6S/c1-29-14-2-4-15(5-3-14)30-22-17-10-18(25)19(26)12-20(17)31-21(22)11-16(23(27)28)13-6-8-24-9-7-13/h2-12,25-26H,1H3,(H,27,28). The zero-order valence-corrected chi connectivity index (χ0v) is 17.1. The molecule has 4 aromatic rings. The zero-order chi connectivity index (χ0) is 22.0. The molecule has 0 saturated carbocycles. The number of methoxy groups -OCH3 is 1. The molecule has 0 unspecified atom stereocenters. The average Bonchev–Trinajstić information content (AvgIpc) is 3.09. The number of thiophene rings is 1. The van der Waals surface area contributed by atoms with E-state index in [9.17, 15) is 20.1 Å². The fraction of sp³-hybridized carbons (Fsp3) is 0.0435. The van der Waals surface area contributed by atoms with Gasteiger partial charge in [-0.2, -0.15) is 0 Å². The second-order valence-corrected chi connectivity index (χ2v) is 7.59. The van der Waals surface area contributed by atoms with Gasteiger partial charge in [0.25, 0.3) is 0 Å². The maximum atomic E-state index is 11.9. The van der Waals surface area contributed by atoms with Crippen molar-refractivity contribution < 1.29 is 29.6 Å². The summed E-state index contributed by atoms with van der Waals surface area (Å²) in [6, 6.07) is 12.9. The van der Waals surface area contributed by atoms with E-state index in [4.69, 9.17) is 9.47 Å². The molecule has 0 atom stereocenters. The summed E-state index contributed by atoms with van der Waals surface area (Å²) in [5, 5.41) is 30.2. The first kappa shape index (κ1) is 20.2. The number of fused-ring (bicyclic) bond motifs is 1. The molecule has 3 N–H and O–H groups in total. The molecule has 0 saturated heterocycles. The van der Waals surface area contributed by atoms with E-state index in [1.165, 1.54) is 41.9 Å². The Morgan fingerprint density at radius 2 is 1.65 bits per heavy atom. The van der Waals surface area contributed by atoms with Crippen LogP contribution in [0.1, 0.15) is 10.4 Å². The van der Waals surface area contributed by atoms with Crippen molar-refractivity contribution in [3.05, 3.63) is 71.4 Å². The van der Waals surface area contributed by atoms with Crippen LogP contribution in [-0.4, -0.2) is 33.4 Å². The number of rotatable bonds is 6. The molecular weight excluding hydrogens is 418 g/mol. The highest BCUT2D eigenvalue weighted by atomic mass is 32.1. The molecule has 8 heteroatoms. The normalized spacial score (nSPS) is 11.5. The zero-order valence-electron chi connectivity index (χ0n) is 16.3. The number of pyridine rings is 1. The first-order valence-corrected chi connectivity index (χ1v) is 9.93. The van der Waals surface area contributed by atoms with Gasteiger partial charge in [0.05, 0.1) is 17.6 Å². The Bertz CT molecular complexity index is 1280. The molecule has 0 amide bonds. The molecular formula is C23H17NO6S. The van der Waals surface area contributed by atoms with Crippen molar-refractivity contribution in [3.63, 3.8) is 0 Å². The second kappa shape index (κ2) is 8.37. The third-order valence-corrected chi connectivity index (χ3v) is 5.62. The van der Waals surface area contributed by atoms with E-state index in [1.807, 2.05) is 0 Å². The van der Waals surface area contributed by atoms with Crippen molar-refractivity contribution in [2.24, 2.45) is 0 Å². The number of hydrogen-bond acceptors (Lipinski definition) is 7. The third-order valence-electron chi connectivity index (χ3n) is 4.54. The molecule has 0 aliphatic heterocycles. The topological polar surface area (TPSA) is 109 Å². The van der Waals surface area contributed by atoms with Crippen LogP contribution in [0.5, 0.6) is 28.7 Å². The van der Waals surface area contributed by atoms with Crippen LogP contribution < -0.4 is 9.47 Å². The second-order valence-electron chi connectivity index (χ2n) is 6.51. The van der Waals surface area contributed by atoms with Crippen LogP contribution in [0.2, 0.25) is 0 Å². The minimum absolute atomic E-state index is 0.0574. The summed E-state index contributed by atoms with van der Waals surface area (Å²) in [7, 11) is 1.56. The molecule has 0 spiro atoms. The molecule has 0 aliphatic carbocycles. The van der Waals surface area contributed by atoms with Crippen molar-refractivity contribution >= 4 is 39.0 Å². The molecule has 156 valence electrons. The van der Waals surface area contributed by atoms with Gasteiger partial charge < -0.3 is 24.8 Å². The summed E-state index contributed by atoms with van der Waals surface area (Å²) >= 11 is 1.24. The van der Waals surface area contributed by atoms with Gasteiger partial charge in [-0.3, -0.25) is 4.98 Å². The summed E-state index contributed by atoms with van der Waals surface area (Å²) in [6.45, 7) is 0. The Labute approximate surface area is 181 Å². The summed E-state index contributed by atoms with van der Waals surface area (Å²) in [6.07, 6.45) is 4.54. The Morgan fingerprint density at radius 1 is 1.00 bits per heavy atom. The van der Waals surface area contributed by atoms with Crippen LogP contribution in [0.3, 0.4) is 0 Å². The molecule has 7 nitrogen and oxygen atoms in total. The summed E-state index contributed by atoms with van der Waals surface area (Å²) in [5.74, 6) is -0.140. The molecule has 4 rings (SSSR count). The summed E-state index contributed by atoms with van der Waals surface area (Å²) in [4.78, 5) is 16.4. The van der Waals surface area contributed by atoms with Gasteiger partial charge in [-0.05, 0) is 54.1 Å². The molecule has 2 heterocycles. The highest BCUT2D eigenvalue weighted by Gasteiger charge is 2.19. The van der Waals surface area contributed by atoms with Gasteiger partial charge in [0, 0.05) is 28.5 Å². The van der Waals surface area contributed by atoms with Gasteiger partial charge >= 0.3 is 5.97 Å². The van der Waals surface area contributed by atoms with Crippen molar-refractivity contribution in [2.75, 3.05) is 7.11 Å². The number of nitrogens with zero attached hydrogens (tertiary/aromatic N) is 1. The highest BCUT2D eigenvalue weighted by molar-refractivity contribution is 7.20. The summed E-state index contributed by atoms with van der Waals surface area (Å²) < 4.78 is 11.9. The predicted molar refractivity (Wildman–Crippen MR) is 118 cm³/mol. The first-order valence-electron chi connectivity index (χ1n) is 9.12. The minimum Gasteiger partial charge on any atom is -0.504 e. The Balaban J connectivity index is 1.89. The van der Waals surface area contributed by atoms with Crippen LogP contribution in [0, 0.1) is 0 Å². The van der Waals surface area contributed by atoms with Crippen LogP contribution >= 0.6 is 11.3 Å². The smallest absolute Gasteiger partial charge is 0.336 e. The number of aromatic hydroxyl groups is 2. The lowest BCUT2D eigenvalue weighted by Crippen LogP contribution is -1.99. The monoisotopic (exact) mass is 435 g/mol. The Morgan fingerprint density at radius 3 is 2.29 bits per heavy atom. The van der Waals surface area contributed by atoms with Gasteiger partial charge in [-0.15, -0.1) is 11.3 Å². The molecule has 2 aromatic heterocycles. The van der Waals surface area contributed by atoms with Crippen LogP contribution in [0.15, 0.2) is 60.9 Å². The van der Waals surface area contributed by atoms with Crippen LogP contribution in [0.4, 0.5) is 0 Å².